The molecule has 186 valence electrons. The molecule has 0 aliphatic rings. The highest BCUT2D eigenvalue weighted by Gasteiger charge is 2.21. The Labute approximate surface area is 211 Å². The van der Waals surface area contributed by atoms with Crippen molar-refractivity contribution in [1.82, 2.24) is 0 Å². The van der Waals surface area contributed by atoms with E-state index in [1.807, 2.05) is 0 Å². The number of unbranched alkanes of at least 4 members (excludes halogenated alkanes) is 12. The average Bonchev–Trinajstić information content (AvgIpc) is 2.82. The molecule has 0 bridgehead atoms. The van der Waals surface area contributed by atoms with Crippen molar-refractivity contribution in [2.75, 3.05) is 0 Å². The predicted octanol–water partition coefficient (Wildman–Crippen LogP) is 6.27. The van der Waals surface area contributed by atoms with E-state index < -0.39 is 0 Å². The fourth-order valence-electron chi connectivity index (χ4n) is 5.01. The van der Waals surface area contributed by atoms with E-state index in [9.17, 15) is 0 Å². The van der Waals surface area contributed by atoms with Crippen LogP contribution in [0.4, 0.5) is 0 Å². The third-order valence-corrected chi connectivity index (χ3v) is 6.90. The number of halogens is 1. The van der Waals surface area contributed by atoms with Gasteiger partial charge in [0.2, 0.25) is 0 Å². The van der Waals surface area contributed by atoms with Gasteiger partial charge in [-0.3, -0.25) is 0 Å². The molecule has 1 aromatic heterocycles. The summed E-state index contributed by atoms with van der Waals surface area (Å²) in [4.78, 5) is 0. The summed E-state index contributed by atoms with van der Waals surface area (Å²) in [5.41, 5.74) is 1.47. The SMILES string of the molecule is CCCCCCCCCCCCCCCC(CC(C)Cc1ccccc1)[n+]1ccccc1.[Cl-]. The molecule has 0 spiro atoms. The highest BCUT2D eigenvalue weighted by molar-refractivity contribution is 5.15. The lowest BCUT2D eigenvalue weighted by Gasteiger charge is -2.17. The molecule has 33 heavy (non-hydrogen) atoms. The van der Waals surface area contributed by atoms with Crippen LogP contribution in [0.2, 0.25) is 0 Å². The molecular formula is C31H50ClN. The van der Waals surface area contributed by atoms with Crippen LogP contribution in [-0.2, 0) is 6.42 Å². The van der Waals surface area contributed by atoms with E-state index in [-0.39, 0.29) is 12.4 Å². The first-order valence-electron chi connectivity index (χ1n) is 13.8. The topological polar surface area (TPSA) is 3.88 Å². The van der Waals surface area contributed by atoms with E-state index in [4.69, 9.17) is 0 Å². The molecule has 2 unspecified atom stereocenters. The van der Waals surface area contributed by atoms with Crippen molar-refractivity contribution in [2.24, 2.45) is 5.92 Å². The van der Waals surface area contributed by atoms with Crippen LogP contribution in [0, 0.1) is 5.92 Å². The number of rotatable bonds is 19. The summed E-state index contributed by atoms with van der Waals surface area (Å²) in [5, 5.41) is 0. The normalized spacial score (nSPS) is 12.8. The van der Waals surface area contributed by atoms with E-state index in [0.717, 1.165) is 0 Å². The van der Waals surface area contributed by atoms with Gasteiger partial charge in [0.15, 0.2) is 18.4 Å². The monoisotopic (exact) mass is 471 g/mol. The van der Waals surface area contributed by atoms with Crippen LogP contribution in [0.5, 0.6) is 0 Å². The Balaban J connectivity index is 0.00000544. The van der Waals surface area contributed by atoms with Gasteiger partial charge in [-0.05, 0) is 24.3 Å². The summed E-state index contributed by atoms with van der Waals surface area (Å²) in [6.45, 7) is 4.72. The molecule has 0 aliphatic heterocycles. The summed E-state index contributed by atoms with van der Waals surface area (Å²) in [6.07, 6.45) is 26.9. The van der Waals surface area contributed by atoms with Gasteiger partial charge in [0, 0.05) is 25.0 Å². The molecule has 2 aromatic rings. The predicted molar refractivity (Wildman–Crippen MR) is 140 cm³/mol. The third kappa shape index (κ3) is 14.5. The van der Waals surface area contributed by atoms with Crippen LogP contribution in [0.25, 0.3) is 0 Å². The second-order valence-electron chi connectivity index (χ2n) is 10.0. The summed E-state index contributed by atoms with van der Waals surface area (Å²) in [5.74, 6) is 0.706. The molecule has 1 aromatic carbocycles. The third-order valence-electron chi connectivity index (χ3n) is 6.90. The highest BCUT2D eigenvalue weighted by atomic mass is 35.5. The molecule has 1 heterocycles. The van der Waals surface area contributed by atoms with Gasteiger partial charge in [0.05, 0.1) is 0 Å². The van der Waals surface area contributed by atoms with Crippen molar-refractivity contribution < 1.29 is 17.0 Å². The fraction of sp³-hybridized carbons (Fsp3) is 0.645. The van der Waals surface area contributed by atoms with Gasteiger partial charge in [0.25, 0.3) is 0 Å². The Hall–Kier alpha value is -1.34. The maximum Gasteiger partial charge on any atom is 0.169 e. The van der Waals surface area contributed by atoms with E-state index in [1.54, 1.807) is 0 Å². The van der Waals surface area contributed by atoms with Gasteiger partial charge in [-0.1, -0.05) is 127 Å². The summed E-state index contributed by atoms with van der Waals surface area (Å²) >= 11 is 0. The lowest BCUT2D eigenvalue weighted by atomic mass is 9.91. The first-order chi connectivity index (χ1) is 15.8. The lowest BCUT2D eigenvalue weighted by molar-refractivity contribution is -0.725. The van der Waals surface area contributed by atoms with Crippen molar-refractivity contribution in [3.8, 4) is 0 Å². The summed E-state index contributed by atoms with van der Waals surface area (Å²) in [7, 11) is 0. The largest absolute Gasteiger partial charge is 1.00 e. The number of nitrogens with zero attached hydrogens (tertiary/aromatic N) is 1. The molecule has 0 aliphatic carbocycles. The quantitative estimate of drug-likeness (QED) is 0.168. The van der Waals surface area contributed by atoms with Crippen LogP contribution in [0.15, 0.2) is 60.9 Å². The Kier molecular flexibility index (Phi) is 18.1. The summed E-state index contributed by atoms with van der Waals surface area (Å²) in [6, 6.07) is 18.1. The highest BCUT2D eigenvalue weighted by Crippen LogP contribution is 2.22. The summed E-state index contributed by atoms with van der Waals surface area (Å²) < 4.78 is 2.46. The fourth-order valence-corrected chi connectivity index (χ4v) is 5.01. The number of hydrogen-bond donors (Lipinski definition) is 0. The van der Waals surface area contributed by atoms with Crippen molar-refractivity contribution in [2.45, 2.75) is 123 Å². The lowest BCUT2D eigenvalue weighted by Crippen LogP contribution is -3.00. The van der Waals surface area contributed by atoms with E-state index in [1.165, 1.54) is 108 Å². The minimum atomic E-state index is 0. The molecule has 0 amide bonds. The van der Waals surface area contributed by atoms with Crippen molar-refractivity contribution >= 4 is 0 Å². The molecule has 2 rings (SSSR count). The Morgan fingerprint density at radius 2 is 1.12 bits per heavy atom. The average molecular weight is 472 g/mol. The number of aromatic nitrogens is 1. The van der Waals surface area contributed by atoms with Crippen LogP contribution < -0.4 is 17.0 Å². The second-order valence-corrected chi connectivity index (χ2v) is 10.0. The Bertz CT molecular complexity index is 657. The van der Waals surface area contributed by atoms with Crippen molar-refractivity contribution in [3.05, 3.63) is 66.5 Å². The van der Waals surface area contributed by atoms with Crippen molar-refractivity contribution in [1.29, 1.82) is 0 Å². The van der Waals surface area contributed by atoms with Crippen LogP contribution >= 0.6 is 0 Å². The minimum absolute atomic E-state index is 0. The zero-order valence-corrected chi connectivity index (χ0v) is 22.3. The maximum atomic E-state index is 2.46. The second kappa shape index (κ2) is 20.1. The molecule has 0 saturated heterocycles. The molecular weight excluding hydrogens is 422 g/mol. The Morgan fingerprint density at radius 1 is 0.636 bits per heavy atom. The number of pyridine rings is 1. The number of benzene rings is 1. The van der Waals surface area contributed by atoms with Gasteiger partial charge in [-0.15, -0.1) is 0 Å². The van der Waals surface area contributed by atoms with Gasteiger partial charge in [0.1, 0.15) is 0 Å². The standard InChI is InChI=1S/C31H50N.ClH/c1-3-4-5-6-7-8-9-10-11-12-13-14-19-24-31(32-25-20-16-21-26-32)28-29(2)27-30-22-17-15-18-23-30;/h15-18,20-23,25-26,29,31H,3-14,19,24,27-28H2,1-2H3;1H/q+1;/p-1. The molecule has 0 saturated carbocycles. The zero-order valence-electron chi connectivity index (χ0n) is 21.6. The first kappa shape index (κ1) is 29.7. The molecule has 2 heteroatoms. The van der Waals surface area contributed by atoms with Gasteiger partial charge < -0.3 is 12.4 Å². The first-order valence-corrected chi connectivity index (χ1v) is 13.8. The van der Waals surface area contributed by atoms with Gasteiger partial charge in [-0.2, -0.15) is 0 Å². The molecule has 2 atom stereocenters. The molecule has 1 nitrogen and oxygen atoms in total. The van der Waals surface area contributed by atoms with Crippen molar-refractivity contribution in [3.63, 3.8) is 0 Å². The van der Waals surface area contributed by atoms with Crippen LogP contribution in [0.3, 0.4) is 0 Å². The minimum Gasteiger partial charge on any atom is -1.00 e. The molecule has 0 N–H and O–H groups in total. The zero-order chi connectivity index (χ0) is 22.7. The van der Waals surface area contributed by atoms with E-state index in [2.05, 4.69) is 79.3 Å². The van der Waals surface area contributed by atoms with Crippen LogP contribution in [0.1, 0.15) is 122 Å². The van der Waals surface area contributed by atoms with E-state index in [0.29, 0.717) is 12.0 Å². The molecule has 0 fully saturated rings. The van der Waals surface area contributed by atoms with Gasteiger partial charge >= 0.3 is 0 Å². The smallest absolute Gasteiger partial charge is 0.169 e. The van der Waals surface area contributed by atoms with Gasteiger partial charge in [-0.25, -0.2) is 4.57 Å². The Morgan fingerprint density at radius 3 is 1.67 bits per heavy atom. The maximum absolute atomic E-state index is 2.46. The van der Waals surface area contributed by atoms with E-state index >= 15 is 0 Å². The number of hydrogen-bond acceptors (Lipinski definition) is 0. The molecule has 0 radical (unpaired) electrons. The van der Waals surface area contributed by atoms with Crippen LogP contribution in [-0.4, -0.2) is 0 Å².